The Hall–Kier alpha value is -0.880. The fourth-order valence-corrected chi connectivity index (χ4v) is 3.16. The second kappa shape index (κ2) is 5.25. The number of anilines is 1. The molecule has 0 spiro atoms. The van der Waals surface area contributed by atoms with Gasteiger partial charge in [-0.25, -0.2) is 4.98 Å². The zero-order chi connectivity index (χ0) is 13.4. The van der Waals surface area contributed by atoms with Crippen LogP contribution in [-0.2, 0) is 4.74 Å². The molecule has 104 valence electrons. The molecule has 0 aliphatic carbocycles. The van der Waals surface area contributed by atoms with Crippen LogP contribution in [0.1, 0.15) is 24.4 Å². The first kappa shape index (κ1) is 13.1. The Kier molecular flexibility index (Phi) is 3.62. The third-order valence-corrected chi connectivity index (χ3v) is 4.30. The first-order chi connectivity index (χ1) is 9.15. The van der Waals surface area contributed by atoms with Crippen molar-refractivity contribution in [3.05, 3.63) is 22.8 Å². The van der Waals surface area contributed by atoms with Crippen molar-refractivity contribution >= 4 is 17.4 Å². The van der Waals surface area contributed by atoms with Crippen LogP contribution in [0.4, 0.5) is 5.82 Å². The van der Waals surface area contributed by atoms with Crippen LogP contribution in [-0.4, -0.2) is 41.7 Å². The summed E-state index contributed by atoms with van der Waals surface area (Å²) in [5.74, 6) is 0.434. The molecule has 0 radical (unpaired) electrons. The van der Waals surface area contributed by atoms with Crippen LogP contribution in [0, 0.1) is 0 Å². The number of aromatic nitrogens is 1. The minimum Gasteiger partial charge on any atom is -0.383 e. The second-order valence-corrected chi connectivity index (χ2v) is 5.75. The minimum absolute atomic E-state index is 0.0445. The molecule has 2 aliphatic rings. The van der Waals surface area contributed by atoms with Gasteiger partial charge < -0.3 is 16.2 Å². The van der Waals surface area contributed by atoms with E-state index in [0.29, 0.717) is 16.9 Å². The predicted molar refractivity (Wildman–Crippen MR) is 74.9 cm³/mol. The summed E-state index contributed by atoms with van der Waals surface area (Å²) in [4.78, 5) is 6.52. The summed E-state index contributed by atoms with van der Waals surface area (Å²) in [7, 11) is 0. The van der Waals surface area contributed by atoms with Crippen LogP contribution in [0.25, 0.3) is 0 Å². The molecule has 3 rings (SSSR count). The first-order valence-corrected chi connectivity index (χ1v) is 7.05. The molecule has 1 aromatic rings. The Bertz CT molecular complexity index is 470. The van der Waals surface area contributed by atoms with Gasteiger partial charge in [0, 0.05) is 24.3 Å². The number of hydrogen-bond acceptors (Lipinski definition) is 5. The summed E-state index contributed by atoms with van der Waals surface area (Å²) in [5.41, 5.74) is 13.0. The van der Waals surface area contributed by atoms with E-state index in [9.17, 15) is 0 Å². The molecule has 3 unspecified atom stereocenters. The van der Waals surface area contributed by atoms with Gasteiger partial charge in [0.15, 0.2) is 0 Å². The summed E-state index contributed by atoms with van der Waals surface area (Å²) in [6.45, 7) is 2.75. The molecule has 3 atom stereocenters. The Morgan fingerprint density at radius 1 is 1.53 bits per heavy atom. The monoisotopic (exact) mass is 282 g/mol. The van der Waals surface area contributed by atoms with Crippen LogP contribution in [0.3, 0.4) is 0 Å². The van der Waals surface area contributed by atoms with E-state index in [1.54, 1.807) is 6.07 Å². The third kappa shape index (κ3) is 2.56. The number of ether oxygens (including phenoxy) is 1. The van der Waals surface area contributed by atoms with Crippen molar-refractivity contribution in [3.63, 3.8) is 0 Å². The van der Waals surface area contributed by atoms with Crippen LogP contribution >= 0.6 is 11.6 Å². The molecular formula is C13H19ClN4O. The van der Waals surface area contributed by atoms with E-state index in [1.165, 1.54) is 19.0 Å². The van der Waals surface area contributed by atoms with Crippen molar-refractivity contribution in [1.29, 1.82) is 0 Å². The van der Waals surface area contributed by atoms with Crippen molar-refractivity contribution in [1.82, 2.24) is 9.88 Å². The van der Waals surface area contributed by atoms with Crippen molar-refractivity contribution in [2.75, 3.05) is 25.4 Å². The zero-order valence-corrected chi connectivity index (χ0v) is 11.5. The molecule has 2 aliphatic heterocycles. The molecule has 0 saturated carbocycles. The van der Waals surface area contributed by atoms with Gasteiger partial charge >= 0.3 is 0 Å². The molecule has 4 N–H and O–H groups in total. The largest absolute Gasteiger partial charge is 0.383 e. The fraction of sp³-hybridized carbons (Fsp3) is 0.615. The number of pyridine rings is 1. The van der Waals surface area contributed by atoms with Gasteiger partial charge in [0.1, 0.15) is 5.82 Å². The van der Waals surface area contributed by atoms with E-state index >= 15 is 0 Å². The molecule has 0 amide bonds. The van der Waals surface area contributed by atoms with Crippen molar-refractivity contribution in [2.45, 2.75) is 31.0 Å². The van der Waals surface area contributed by atoms with E-state index < -0.39 is 0 Å². The SMILES string of the molecule is Nc1ncc(Cl)cc1C(N)C1CN2CCCC2CO1. The van der Waals surface area contributed by atoms with Crippen molar-refractivity contribution in [2.24, 2.45) is 5.73 Å². The van der Waals surface area contributed by atoms with E-state index in [0.717, 1.165) is 25.3 Å². The van der Waals surface area contributed by atoms with Crippen molar-refractivity contribution in [3.8, 4) is 0 Å². The Morgan fingerprint density at radius 2 is 2.37 bits per heavy atom. The van der Waals surface area contributed by atoms with Gasteiger partial charge in [0.25, 0.3) is 0 Å². The average Bonchev–Trinajstić information content (AvgIpc) is 2.88. The van der Waals surface area contributed by atoms with Gasteiger partial charge in [0.2, 0.25) is 0 Å². The van der Waals surface area contributed by atoms with Gasteiger partial charge in [-0.05, 0) is 25.5 Å². The number of halogens is 1. The van der Waals surface area contributed by atoms with Crippen LogP contribution in [0.2, 0.25) is 5.02 Å². The number of nitrogen functional groups attached to an aromatic ring is 1. The molecule has 0 bridgehead atoms. The maximum absolute atomic E-state index is 6.29. The zero-order valence-electron chi connectivity index (χ0n) is 10.8. The van der Waals surface area contributed by atoms with Gasteiger partial charge in [-0.15, -0.1) is 0 Å². The quantitative estimate of drug-likeness (QED) is 0.852. The number of nitrogens with two attached hydrogens (primary N) is 2. The van der Waals surface area contributed by atoms with Crippen molar-refractivity contribution < 1.29 is 4.74 Å². The predicted octanol–water partition coefficient (Wildman–Crippen LogP) is 1.18. The summed E-state index contributed by atoms with van der Waals surface area (Å²) in [6, 6.07) is 2.07. The second-order valence-electron chi connectivity index (χ2n) is 5.32. The van der Waals surface area contributed by atoms with Gasteiger partial charge in [-0.2, -0.15) is 0 Å². The highest BCUT2D eigenvalue weighted by atomic mass is 35.5. The standard InChI is InChI=1S/C13H19ClN4O/c14-8-4-10(13(16)17-5-8)12(15)11-6-18-3-1-2-9(18)7-19-11/h4-5,9,11-12H,1-3,6-7,15H2,(H2,16,17). The van der Waals surface area contributed by atoms with Gasteiger partial charge in [0.05, 0.1) is 23.8 Å². The van der Waals surface area contributed by atoms with E-state index in [1.807, 2.05) is 0 Å². The Morgan fingerprint density at radius 3 is 3.21 bits per heavy atom. The number of morpholine rings is 1. The Balaban J connectivity index is 1.76. The maximum atomic E-state index is 6.29. The molecule has 5 nitrogen and oxygen atoms in total. The highest BCUT2D eigenvalue weighted by Gasteiger charge is 2.35. The maximum Gasteiger partial charge on any atom is 0.128 e. The topological polar surface area (TPSA) is 77.4 Å². The normalized spacial score (nSPS) is 29.2. The number of hydrogen-bond donors (Lipinski definition) is 2. The fourth-order valence-electron chi connectivity index (χ4n) is 2.99. The molecule has 2 saturated heterocycles. The molecule has 6 heteroatoms. The van der Waals surface area contributed by atoms with Gasteiger partial charge in [-0.3, -0.25) is 4.90 Å². The lowest BCUT2D eigenvalue weighted by Crippen LogP contribution is -2.49. The van der Waals surface area contributed by atoms with E-state index in [-0.39, 0.29) is 12.1 Å². The summed E-state index contributed by atoms with van der Waals surface area (Å²) in [5, 5.41) is 0.550. The lowest BCUT2D eigenvalue weighted by atomic mass is 10.0. The lowest BCUT2D eigenvalue weighted by Gasteiger charge is -2.37. The molecule has 2 fully saturated rings. The number of fused-ring (bicyclic) bond motifs is 1. The smallest absolute Gasteiger partial charge is 0.128 e. The highest BCUT2D eigenvalue weighted by Crippen LogP contribution is 2.30. The number of rotatable bonds is 2. The summed E-state index contributed by atoms with van der Waals surface area (Å²) in [6.07, 6.45) is 3.96. The van der Waals surface area contributed by atoms with Crippen LogP contribution in [0.5, 0.6) is 0 Å². The Labute approximate surface area is 117 Å². The molecule has 1 aromatic heterocycles. The molecule has 0 aromatic carbocycles. The van der Waals surface area contributed by atoms with Crippen LogP contribution < -0.4 is 11.5 Å². The molecule has 3 heterocycles. The summed E-state index contributed by atoms with van der Waals surface area (Å²) < 4.78 is 5.91. The average molecular weight is 283 g/mol. The minimum atomic E-state index is -0.284. The summed E-state index contributed by atoms with van der Waals surface area (Å²) >= 11 is 5.96. The van der Waals surface area contributed by atoms with Gasteiger partial charge in [-0.1, -0.05) is 11.6 Å². The van der Waals surface area contributed by atoms with Crippen LogP contribution in [0.15, 0.2) is 12.3 Å². The highest BCUT2D eigenvalue weighted by molar-refractivity contribution is 6.30. The first-order valence-electron chi connectivity index (χ1n) is 6.67. The molecular weight excluding hydrogens is 264 g/mol. The number of nitrogens with zero attached hydrogens (tertiary/aromatic N) is 2. The van der Waals surface area contributed by atoms with E-state index in [4.69, 9.17) is 27.8 Å². The van der Waals surface area contributed by atoms with E-state index in [2.05, 4.69) is 9.88 Å². The lowest BCUT2D eigenvalue weighted by molar-refractivity contribution is -0.0596. The third-order valence-electron chi connectivity index (χ3n) is 4.09. The molecule has 19 heavy (non-hydrogen) atoms.